The quantitative estimate of drug-likeness (QED) is 0.367. The molecule has 0 saturated carbocycles. The van der Waals surface area contributed by atoms with Gasteiger partial charge in [-0.3, -0.25) is 0 Å². The van der Waals surface area contributed by atoms with Gasteiger partial charge in [0, 0.05) is 0 Å². The lowest BCUT2D eigenvalue weighted by atomic mass is 10.4. The molecule has 0 aliphatic carbocycles. The van der Waals surface area contributed by atoms with Crippen molar-refractivity contribution in [3.8, 4) is 0 Å². The Morgan fingerprint density at radius 1 is 0.926 bits per heavy atom. The number of nitrogens with zero attached hydrogens (tertiary/aromatic N) is 10. The Bertz CT molecular complexity index is 853. The van der Waals surface area contributed by atoms with Crippen molar-refractivity contribution in [1.82, 2.24) is 50.4 Å². The standard InChI is InChI=1S/C6H6BrN5S.C3HBr2NS.C2H5N5/c1-12-10-5(9-11-12)2-6-8-3-4(7)13-6;4-2-1-6-3(5)7-2;1-7-5-2(3)4-6-7/h3H,2H2,1H3;1H;1H3,(H2,3,5). The van der Waals surface area contributed by atoms with Gasteiger partial charge in [0.2, 0.25) is 0 Å². The van der Waals surface area contributed by atoms with Crippen molar-refractivity contribution in [1.29, 1.82) is 0 Å². The van der Waals surface area contributed by atoms with Gasteiger partial charge < -0.3 is 5.73 Å². The molecule has 0 amide bonds. The first-order valence-corrected chi connectivity index (χ1v) is 10.9. The minimum atomic E-state index is 0.211. The molecule has 144 valence electrons. The maximum atomic E-state index is 5.07. The maximum Gasteiger partial charge on any atom is 0.260 e. The number of halogens is 3. The fraction of sp³-hybridized carbons (Fsp3) is 0.273. The van der Waals surface area contributed by atoms with Gasteiger partial charge in [-0.15, -0.1) is 38.0 Å². The summed E-state index contributed by atoms with van der Waals surface area (Å²) >= 11 is 13.0. The predicted molar refractivity (Wildman–Crippen MR) is 112 cm³/mol. The molecule has 0 spiro atoms. The van der Waals surface area contributed by atoms with Crippen LogP contribution in [0.4, 0.5) is 5.95 Å². The van der Waals surface area contributed by atoms with Crippen LogP contribution < -0.4 is 5.73 Å². The predicted octanol–water partition coefficient (Wildman–Crippen LogP) is 2.48. The SMILES string of the molecule is Brc1cnc(Br)s1.Cn1nnc(Cc2ncc(Br)s2)n1.Cn1nnc(N)n1. The Balaban J connectivity index is 0.000000159. The highest BCUT2D eigenvalue weighted by Gasteiger charge is 2.05. The van der Waals surface area contributed by atoms with Crippen molar-refractivity contribution in [2.75, 3.05) is 5.73 Å². The Morgan fingerprint density at radius 3 is 1.89 bits per heavy atom. The number of nitrogen functional groups attached to an aromatic ring is 1. The molecule has 0 atom stereocenters. The summed E-state index contributed by atoms with van der Waals surface area (Å²) in [5, 5.41) is 23.1. The second-order valence-corrected chi connectivity index (χ2v) is 10.7. The van der Waals surface area contributed by atoms with Crippen LogP contribution in [0.1, 0.15) is 10.8 Å². The van der Waals surface area contributed by atoms with Crippen LogP contribution in [0.3, 0.4) is 0 Å². The van der Waals surface area contributed by atoms with Gasteiger partial charge in [0.25, 0.3) is 5.95 Å². The largest absolute Gasteiger partial charge is 0.365 e. The van der Waals surface area contributed by atoms with E-state index < -0.39 is 0 Å². The van der Waals surface area contributed by atoms with E-state index in [0.29, 0.717) is 12.2 Å². The van der Waals surface area contributed by atoms with Crippen molar-refractivity contribution in [2.24, 2.45) is 14.1 Å². The number of hydrogen-bond acceptors (Lipinski definition) is 11. The number of hydrogen-bond donors (Lipinski definition) is 1. The molecule has 16 heteroatoms. The van der Waals surface area contributed by atoms with Crippen molar-refractivity contribution in [3.63, 3.8) is 0 Å². The number of tetrazole rings is 2. The molecule has 11 nitrogen and oxygen atoms in total. The molecule has 27 heavy (non-hydrogen) atoms. The van der Waals surface area contributed by atoms with Gasteiger partial charge in [-0.2, -0.15) is 9.59 Å². The van der Waals surface area contributed by atoms with Gasteiger partial charge in [-0.25, -0.2) is 9.97 Å². The summed E-state index contributed by atoms with van der Waals surface area (Å²) in [5.41, 5.74) is 5.07. The molecule has 2 N–H and O–H groups in total. The summed E-state index contributed by atoms with van der Waals surface area (Å²) in [6.07, 6.45) is 4.18. The van der Waals surface area contributed by atoms with Crippen molar-refractivity contribution in [2.45, 2.75) is 6.42 Å². The second kappa shape index (κ2) is 10.8. The zero-order valence-corrected chi connectivity index (χ0v) is 20.3. The van der Waals surface area contributed by atoms with Crippen LogP contribution >= 0.6 is 70.5 Å². The molecule has 0 fully saturated rings. The van der Waals surface area contributed by atoms with Crippen LogP contribution in [0.15, 0.2) is 23.9 Å². The van der Waals surface area contributed by atoms with Gasteiger partial charge >= 0.3 is 0 Å². The molecule has 0 aliphatic heterocycles. The van der Waals surface area contributed by atoms with Crippen LogP contribution in [-0.2, 0) is 20.5 Å². The highest BCUT2D eigenvalue weighted by atomic mass is 79.9. The smallest absolute Gasteiger partial charge is 0.260 e. The van der Waals surface area contributed by atoms with Crippen LogP contribution in [-0.4, -0.2) is 50.4 Å². The fourth-order valence-corrected chi connectivity index (χ4v) is 4.94. The van der Waals surface area contributed by atoms with Gasteiger partial charge in [0.1, 0.15) is 5.01 Å². The number of aryl methyl sites for hydroxylation is 2. The summed E-state index contributed by atoms with van der Waals surface area (Å²) in [6.45, 7) is 0. The normalized spacial score (nSPS) is 9.96. The van der Waals surface area contributed by atoms with Gasteiger partial charge in [-0.1, -0.05) is 5.10 Å². The summed E-state index contributed by atoms with van der Waals surface area (Å²) in [5.74, 6) is 0.909. The lowest BCUT2D eigenvalue weighted by Crippen LogP contribution is -1.94. The van der Waals surface area contributed by atoms with Crippen molar-refractivity contribution in [3.05, 3.63) is 34.7 Å². The fourth-order valence-electron chi connectivity index (χ4n) is 1.43. The third-order valence-electron chi connectivity index (χ3n) is 2.36. The average molecular weight is 602 g/mol. The first kappa shape index (κ1) is 21.9. The van der Waals surface area contributed by atoms with Crippen LogP contribution in [0, 0.1) is 0 Å². The minimum Gasteiger partial charge on any atom is -0.365 e. The van der Waals surface area contributed by atoms with E-state index in [-0.39, 0.29) is 5.95 Å². The van der Waals surface area contributed by atoms with E-state index in [0.717, 1.165) is 16.5 Å². The second-order valence-electron chi connectivity index (χ2n) is 4.48. The number of thiazole rings is 2. The lowest BCUT2D eigenvalue weighted by molar-refractivity contribution is 0.628. The molecule has 4 heterocycles. The number of rotatable bonds is 2. The van der Waals surface area contributed by atoms with Crippen LogP contribution in [0.5, 0.6) is 0 Å². The molecule has 0 bridgehead atoms. The molecule has 0 aliphatic rings. The monoisotopic (exact) mass is 599 g/mol. The third kappa shape index (κ3) is 8.46. The van der Waals surface area contributed by atoms with Gasteiger partial charge in [0.05, 0.1) is 40.5 Å². The zero-order chi connectivity index (χ0) is 19.8. The number of nitrogens with two attached hydrogens (primary N) is 1. The molecule has 0 aromatic carbocycles. The van der Waals surface area contributed by atoms with Gasteiger partial charge in [0.15, 0.2) is 9.74 Å². The van der Waals surface area contributed by atoms with Crippen LogP contribution in [0.25, 0.3) is 0 Å². The number of anilines is 1. The van der Waals surface area contributed by atoms with E-state index >= 15 is 0 Å². The molecular formula is C11H12Br3N11S2. The maximum absolute atomic E-state index is 5.07. The van der Waals surface area contributed by atoms with E-state index in [1.165, 1.54) is 9.59 Å². The molecule has 0 radical (unpaired) electrons. The molecular weight excluding hydrogens is 590 g/mol. The van der Waals surface area contributed by atoms with E-state index in [1.54, 1.807) is 49.2 Å². The lowest BCUT2D eigenvalue weighted by Gasteiger charge is -1.86. The molecule has 0 unspecified atom stereocenters. The first-order chi connectivity index (χ1) is 12.8. The first-order valence-electron chi connectivity index (χ1n) is 6.91. The Hall–Kier alpha value is -1.36. The van der Waals surface area contributed by atoms with Crippen LogP contribution in [0.2, 0.25) is 0 Å². The van der Waals surface area contributed by atoms with E-state index in [2.05, 4.69) is 88.6 Å². The number of aromatic nitrogens is 10. The van der Waals surface area contributed by atoms with Gasteiger partial charge in [-0.05, 0) is 58.2 Å². The molecule has 4 aromatic heterocycles. The Morgan fingerprint density at radius 2 is 1.56 bits per heavy atom. The highest BCUT2D eigenvalue weighted by molar-refractivity contribution is 9.12. The van der Waals surface area contributed by atoms with E-state index in [9.17, 15) is 0 Å². The molecule has 4 aromatic rings. The molecule has 0 saturated heterocycles. The third-order valence-corrected chi connectivity index (χ3v) is 5.79. The topological polar surface area (TPSA) is 139 Å². The average Bonchev–Trinajstić information content (AvgIpc) is 3.36. The van der Waals surface area contributed by atoms with Crippen molar-refractivity contribution < 1.29 is 0 Å². The summed E-state index contributed by atoms with van der Waals surface area (Å²) < 4.78 is 2.99. The summed E-state index contributed by atoms with van der Waals surface area (Å²) in [6, 6.07) is 0. The summed E-state index contributed by atoms with van der Waals surface area (Å²) in [4.78, 5) is 10.8. The van der Waals surface area contributed by atoms with E-state index in [4.69, 9.17) is 5.73 Å². The molecule has 4 rings (SSSR count). The zero-order valence-electron chi connectivity index (χ0n) is 13.9. The van der Waals surface area contributed by atoms with E-state index in [1.807, 2.05) is 0 Å². The summed E-state index contributed by atoms with van der Waals surface area (Å²) in [7, 11) is 3.40. The Kier molecular flexibility index (Phi) is 8.81. The Labute approximate surface area is 186 Å². The van der Waals surface area contributed by atoms with Crippen molar-refractivity contribution >= 4 is 76.4 Å². The minimum absolute atomic E-state index is 0.211. The highest BCUT2D eigenvalue weighted by Crippen LogP contribution is 2.22.